The summed E-state index contributed by atoms with van der Waals surface area (Å²) >= 11 is 0. The average Bonchev–Trinajstić information content (AvgIpc) is 3.25. The van der Waals surface area contributed by atoms with Crippen LogP contribution >= 0.6 is 0 Å². The first-order valence-electron chi connectivity index (χ1n) is 9.36. The number of nitrogens with one attached hydrogen (secondary N) is 1. The molecule has 1 aromatic heterocycles. The molecule has 3 unspecified atom stereocenters. The van der Waals surface area contributed by atoms with Crippen molar-refractivity contribution in [3.63, 3.8) is 0 Å². The number of likely N-dealkylation sites (tertiary alicyclic amines) is 1. The molecule has 3 atom stereocenters. The van der Waals surface area contributed by atoms with E-state index in [9.17, 15) is 0 Å². The Labute approximate surface area is 151 Å². The minimum absolute atomic E-state index is 0.465. The van der Waals surface area contributed by atoms with Gasteiger partial charge < -0.3 is 15.0 Å². The summed E-state index contributed by atoms with van der Waals surface area (Å²) in [7, 11) is 3.85. The normalized spacial score (nSPS) is 26.9. The maximum absolute atomic E-state index is 5.54. The zero-order chi connectivity index (χ0) is 17.8. The lowest BCUT2D eigenvalue weighted by atomic mass is 10.0. The summed E-state index contributed by atoms with van der Waals surface area (Å²) in [5.74, 6) is 1.56. The van der Waals surface area contributed by atoms with Crippen molar-refractivity contribution in [3.8, 4) is 0 Å². The van der Waals surface area contributed by atoms with Crippen molar-refractivity contribution < 1.29 is 4.74 Å². The van der Waals surface area contributed by atoms with E-state index in [1.54, 1.807) is 0 Å². The zero-order valence-corrected chi connectivity index (χ0v) is 16.0. The highest BCUT2D eigenvalue weighted by molar-refractivity contribution is 5.80. The second-order valence-corrected chi connectivity index (χ2v) is 7.32. The molecule has 0 aliphatic carbocycles. The van der Waals surface area contributed by atoms with Crippen LogP contribution in [-0.4, -0.2) is 84.1 Å². The molecule has 7 nitrogen and oxygen atoms in total. The highest BCUT2D eigenvalue weighted by atomic mass is 16.5. The first-order valence-corrected chi connectivity index (χ1v) is 9.36. The van der Waals surface area contributed by atoms with E-state index < -0.39 is 0 Å². The van der Waals surface area contributed by atoms with Crippen LogP contribution in [0, 0.1) is 0 Å². The van der Waals surface area contributed by atoms with Crippen LogP contribution in [0.2, 0.25) is 0 Å². The van der Waals surface area contributed by atoms with Crippen LogP contribution in [0.1, 0.15) is 31.7 Å². The second-order valence-electron chi connectivity index (χ2n) is 7.32. The summed E-state index contributed by atoms with van der Waals surface area (Å²) in [5, 5.41) is 7.88. The number of ether oxygens (including phenoxy) is 1. The second kappa shape index (κ2) is 8.19. The maximum Gasteiger partial charge on any atom is 0.193 e. The van der Waals surface area contributed by atoms with Gasteiger partial charge in [-0.05, 0) is 25.8 Å². The number of aryl methyl sites for hydroxylation is 1. The highest BCUT2D eigenvalue weighted by Gasteiger charge is 2.28. The molecule has 25 heavy (non-hydrogen) atoms. The molecule has 3 rings (SSSR count). The largest absolute Gasteiger partial charge is 0.379 e. The maximum atomic E-state index is 5.54. The predicted molar refractivity (Wildman–Crippen MR) is 99.9 cm³/mol. The molecule has 2 aliphatic rings. The van der Waals surface area contributed by atoms with Crippen LogP contribution in [0.3, 0.4) is 0 Å². The van der Waals surface area contributed by atoms with Gasteiger partial charge in [0.25, 0.3) is 0 Å². The van der Waals surface area contributed by atoms with Gasteiger partial charge in [0, 0.05) is 64.5 Å². The Morgan fingerprint density at radius 2 is 2.32 bits per heavy atom. The minimum atomic E-state index is 0.465. The number of nitrogens with zero attached hydrogens (tertiary/aromatic N) is 5. The average molecular weight is 348 g/mol. The lowest BCUT2D eigenvalue weighted by Crippen LogP contribution is -2.53. The third-order valence-corrected chi connectivity index (χ3v) is 5.44. The molecule has 1 aromatic rings. The first kappa shape index (κ1) is 18.2. The Balaban J connectivity index is 1.51. The molecule has 0 spiro atoms. The summed E-state index contributed by atoms with van der Waals surface area (Å²) in [6.45, 7) is 10.2. The van der Waals surface area contributed by atoms with Gasteiger partial charge in [-0.2, -0.15) is 5.10 Å². The third kappa shape index (κ3) is 4.33. The van der Waals surface area contributed by atoms with E-state index in [4.69, 9.17) is 4.74 Å². The third-order valence-electron chi connectivity index (χ3n) is 5.44. The van der Waals surface area contributed by atoms with Crippen LogP contribution in [0.15, 0.2) is 17.4 Å². The van der Waals surface area contributed by atoms with Gasteiger partial charge in [0.15, 0.2) is 5.96 Å². The topological polar surface area (TPSA) is 57.9 Å². The minimum Gasteiger partial charge on any atom is -0.379 e. The molecule has 1 N–H and O–H groups in total. The summed E-state index contributed by atoms with van der Waals surface area (Å²) in [4.78, 5) is 9.40. The first-order chi connectivity index (χ1) is 12.1. The van der Waals surface area contributed by atoms with E-state index in [1.165, 1.54) is 5.56 Å². The lowest BCUT2D eigenvalue weighted by Gasteiger charge is -2.38. The predicted octanol–water partition coefficient (Wildman–Crippen LogP) is 0.894. The van der Waals surface area contributed by atoms with E-state index in [0.29, 0.717) is 18.0 Å². The highest BCUT2D eigenvalue weighted by Crippen LogP contribution is 2.26. The Bertz CT molecular complexity index is 586. The molecule has 2 fully saturated rings. The summed E-state index contributed by atoms with van der Waals surface area (Å²) in [5.41, 5.74) is 1.33. The van der Waals surface area contributed by atoms with E-state index >= 15 is 0 Å². The Morgan fingerprint density at radius 3 is 3.00 bits per heavy atom. The molecule has 0 amide bonds. The van der Waals surface area contributed by atoms with Crippen LogP contribution in [0.25, 0.3) is 0 Å². The van der Waals surface area contributed by atoms with Gasteiger partial charge in [-0.25, -0.2) is 0 Å². The number of hydrogen-bond donors (Lipinski definition) is 1. The van der Waals surface area contributed by atoms with E-state index in [-0.39, 0.29) is 0 Å². The number of guanidine groups is 1. The van der Waals surface area contributed by atoms with Crippen LogP contribution in [-0.2, 0) is 11.8 Å². The van der Waals surface area contributed by atoms with E-state index in [0.717, 1.165) is 51.8 Å². The van der Waals surface area contributed by atoms with Crippen molar-refractivity contribution in [2.24, 2.45) is 12.0 Å². The fraction of sp³-hybridized carbons (Fsp3) is 0.778. The summed E-state index contributed by atoms with van der Waals surface area (Å²) < 4.78 is 7.43. The zero-order valence-electron chi connectivity index (χ0n) is 16.0. The standard InChI is InChI=1S/C18H32N6O/c1-14(24-7-8-25-13-15(24)2)9-20-18(19-3)23-6-5-16(12-23)17-10-21-22(4)11-17/h10-11,14-16H,5-9,12-13H2,1-4H3,(H,19,20). The molecular formula is C18H32N6O. The van der Waals surface area contributed by atoms with Crippen molar-refractivity contribution in [1.82, 2.24) is 24.9 Å². The van der Waals surface area contributed by atoms with Crippen LogP contribution in [0.4, 0.5) is 0 Å². The number of hydrogen-bond acceptors (Lipinski definition) is 4. The van der Waals surface area contributed by atoms with Crippen LogP contribution < -0.4 is 5.32 Å². The fourth-order valence-electron chi connectivity index (χ4n) is 3.96. The molecule has 7 heteroatoms. The smallest absolute Gasteiger partial charge is 0.193 e. The van der Waals surface area contributed by atoms with Gasteiger partial charge in [-0.3, -0.25) is 14.6 Å². The van der Waals surface area contributed by atoms with Crippen molar-refractivity contribution in [2.75, 3.05) is 46.4 Å². The van der Waals surface area contributed by atoms with Crippen molar-refractivity contribution >= 4 is 5.96 Å². The number of rotatable bonds is 4. The number of aliphatic imine (C=N–C) groups is 1. The summed E-state index contributed by atoms with van der Waals surface area (Å²) in [6.07, 6.45) is 5.28. The van der Waals surface area contributed by atoms with Crippen molar-refractivity contribution in [1.29, 1.82) is 0 Å². The Hall–Kier alpha value is -1.60. The molecule has 2 aliphatic heterocycles. The van der Waals surface area contributed by atoms with Crippen molar-refractivity contribution in [2.45, 2.75) is 38.3 Å². The van der Waals surface area contributed by atoms with Crippen LogP contribution in [0.5, 0.6) is 0 Å². The molecule has 0 aromatic carbocycles. The Morgan fingerprint density at radius 1 is 1.48 bits per heavy atom. The molecular weight excluding hydrogens is 316 g/mol. The van der Waals surface area contributed by atoms with Gasteiger partial charge in [0.2, 0.25) is 0 Å². The van der Waals surface area contributed by atoms with E-state index in [2.05, 4.69) is 45.3 Å². The number of aromatic nitrogens is 2. The SMILES string of the molecule is CN=C(NCC(C)N1CCOCC1C)N1CCC(c2cnn(C)c2)C1. The molecule has 3 heterocycles. The van der Waals surface area contributed by atoms with E-state index in [1.807, 2.05) is 25.0 Å². The van der Waals surface area contributed by atoms with Gasteiger partial charge in [0.05, 0.1) is 19.4 Å². The molecule has 0 bridgehead atoms. The Kier molecular flexibility index (Phi) is 5.96. The number of morpholine rings is 1. The lowest BCUT2D eigenvalue weighted by molar-refractivity contribution is -0.0174. The van der Waals surface area contributed by atoms with Crippen molar-refractivity contribution in [3.05, 3.63) is 18.0 Å². The quantitative estimate of drug-likeness (QED) is 0.647. The fourth-order valence-corrected chi connectivity index (χ4v) is 3.96. The van der Waals surface area contributed by atoms with Gasteiger partial charge in [-0.15, -0.1) is 0 Å². The molecule has 2 saturated heterocycles. The van der Waals surface area contributed by atoms with Gasteiger partial charge in [-0.1, -0.05) is 0 Å². The summed E-state index contributed by atoms with van der Waals surface area (Å²) in [6, 6.07) is 0.946. The molecule has 140 valence electrons. The van der Waals surface area contributed by atoms with Gasteiger partial charge >= 0.3 is 0 Å². The molecule has 0 radical (unpaired) electrons. The van der Waals surface area contributed by atoms with Gasteiger partial charge in [0.1, 0.15) is 0 Å². The monoisotopic (exact) mass is 348 g/mol. The molecule has 0 saturated carbocycles.